The normalized spacial score (nSPS) is 11.0. The molecule has 0 atom stereocenters. The lowest BCUT2D eigenvalue weighted by Gasteiger charge is -2.04. The van der Waals surface area contributed by atoms with Gasteiger partial charge in [0.15, 0.2) is 3.77 Å². The van der Waals surface area contributed by atoms with Crippen LogP contribution in [0.25, 0.3) is 5.69 Å². The van der Waals surface area contributed by atoms with Crippen LogP contribution in [0.5, 0.6) is 0 Å². The Bertz CT molecular complexity index is 819. The third-order valence-electron chi connectivity index (χ3n) is 3.05. The van der Waals surface area contributed by atoms with Gasteiger partial charge in [-0.25, -0.2) is 5.43 Å². The number of amides is 1. The molecule has 1 amide bonds. The molecule has 0 radical (unpaired) electrons. The van der Waals surface area contributed by atoms with Crippen molar-refractivity contribution in [3.8, 4) is 5.69 Å². The summed E-state index contributed by atoms with van der Waals surface area (Å²) in [4.78, 5) is 12.0. The molecule has 1 aromatic carbocycles. The number of carbonyl (C=O) groups excluding carboxylic acids is 1. The van der Waals surface area contributed by atoms with Gasteiger partial charge in [0.25, 0.3) is 5.91 Å². The molecule has 0 saturated carbocycles. The average molecular weight is 484 g/mol. The molecule has 116 valence electrons. The van der Waals surface area contributed by atoms with Gasteiger partial charge in [-0.1, -0.05) is 0 Å². The van der Waals surface area contributed by atoms with Crippen LogP contribution in [-0.2, 0) is 0 Å². The zero-order chi connectivity index (χ0) is 16.2. The molecule has 0 aliphatic rings. The van der Waals surface area contributed by atoms with Crippen molar-refractivity contribution < 1.29 is 9.21 Å². The number of hydrazone groups is 1. The second-order valence-corrected chi connectivity index (χ2v) is 6.44. The smallest absolute Gasteiger partial charge is 0.271 e. The number of halogens is 2. The van der Waals surface area contributed by atoms with Crippen LogP contribution >= 0.6 is 38.5 Å². The summed E-state index contributed by atoms with van der Waals surface area (Å²) < 4.78 is 8.95. The quantitative estimate of drug-likeness (QED) is 0.343. The summed E-state index contributed by atoms with van der Waals surface area (Å²) >= 11 is 5.41. The molecule has 3 rings (SSSR count). The van der Waals surface area contributed by atoms with Crippen LogP contribution in [-0.4, -0.2) is 16.7 Å². The van der Waals surface area contributed by atoms with Gasteiger partial charge in [0.2, 0.25) is 0 Å². The molecule has 0 aliphatic heterocycles. The van der Waals surface area contributed by atoms with E-state index < -0.39 is 0 Å². The van der Waals surface area contributed by atoms with Gasteiger partial charge in [-0.2, -0.15) is 5.10 Å². The van der Waals surface area contributed by atoms with Crippen LogP contribution in [0, 0.1) is 3.77 Å². The molecular weight excluding hydrogens is 473 g/mol. The zero-order valence-corrected chi connectivity index (χ0v) is 15.5. The third-order valence-corrected chi connectivity index (χ3v) is 5.19. The van der Waals surface area contributed by atoms with Gasteiger partial charge in [-0.3, -0.25) is 4.79 Å². The molecule has 1 N–H and O–H groups in total. The SMILES string of the molecule is O=C(N/N=C/c1cc(Br)c(I)o1)c1ccc(-n2cccc2)cc1. The Morgan fingerprint density at radius 2 is 1.96 bits per heavy atom. The molecule has 0 unspecified atom stereocenters. The number of benzene rings is 1. The Hall–Kier alpha value is -1.87. The number of hydrogen-bond donors (Lipinski definition) is 1. The number of rotatable bonds is 4. The van der Waals surface area contributed by atoms with Crippen LogP contribution < -0.4 is 5.43 Å². The molecule has 0 bridgehead atoms. The Morgan fingerprint density at radius 1 is 1.26 bits per heavy atom. The van der Waals surface area contributed by atoms with Gasteiger partial charge in [-0.05, 0) is 52.3 Å². The average Bonchev–Trinajstić information content (AvgIpc) is 3.18. The maximum Gasteiger partial charge on any atom is 0.271 e. The topological polar surface area (TPSA) is 59.5 Å². The maximum atomic E-state index is 12.0. The molecule has 3 aromatic rings. The molecule has 7 heteroatoms. The summed E-state index contributed by atoms with van der Waals surface area (Å²) in [6.07, 6.45) is 5.35. The molecule has 0 spiro atoms. The standard InChI is InChI=1S/C16H11BrIN3O2/c17-14-9-13(23-15(14)18)10-19-20-16(22)11-3-5-12(6-4-11)21-7-1-2-8-21/h1-10H,(H,20,22)/b19-10+. The van der Waals surface area contributed by atoms with Gasteiger partial charge < -0.3 is 8.98 Å². The van der Waals surface area contributed by atoms with E-state index in [0.717, 1.165) is 13.9 Å². The summed E-state index contributed by atoms with van der Waals surface area (Å²) in [5.74, 6) is 0.283. The Kier molecular flexibility index (Phi) is 4.97. The predicted molar refractivity (Wildman–Crippen MR) is 100.0 cm³/mol. The van der Waals surface area contributed by atoms with Crippen molar-refractivity contribution in [3.63, 3.8) is 0 Å². The second kappa shape index (κ2) is 7.14. The first-order valence-corrected chi connectivity index (χ1v) is 8.52. The van der Waals surface area contributed by atoms with Crippen LogP contribution in [0.15, 0.2) is 68.8 Å². The number of hydrogen-bond acceptors (Lipinski definition) is 3. The van der Waals surface area contributed by atoms with Crippen LogP contribution in [0.3, 0.4) is 0 Å². The van der Waals surface area contributed by atoms with E-state index in [9.17, 15) is 4.79 Å². The highest BCUT2D eigenvalue weighted by Crippen LogP contribution is 2.21. The summed E-state index contributed by atoms with van der Waals surface area (Å²) in [5.41, 5.74) is 4.00. The van der Waals surface area contributed by atoms with Crippen molar-refractivity contribution in [2.45, 2.75) is 0 Å². The van der Waals surface area contributed by atoms with Gasteiger partial charge in [0.05, 0.1) is 10.7 Å². The fourth-order valence-corrected chi connectivity index (χ4v) is 2.65. The highest BCUT2D eigenvalue weighted by Gasteiger charge is 2.06. The van der Waals surface area contributed by atoms with Crippen molar-refractivity contribution in [2.24, 2.45) is 5.10 Å². The van der Waals surface area contributed by atoms with E-state index in [1.807, 2.05) is 41.2 Å². The monoisotopic (exact) mass is 483 g/mol. The minimum Gasteiger partial charge on any atom is -0.448 e. The van der Waals surface area contributed by atoms with Gasteiger partial charge in [0.1, 0.15) is 5.76 Å². The minimum atomic E-state index is -0.277. The van der Waals surface area contributed by atoms with Crippen LogP contribution in [0.2, 0.25) is 0 Å². The van der Waals surface area contributed by atoms with E-state index in [1.165, 1.54) is 6.21 Å². The molecule has 2 aromatic heterocycles. The van der Waals surface area contributed by atoms with Crippen molar-refractivity contribution in [1.29, 1.82) is 0 Å². The molecule has 5 nitrogen and oxygen atoms in total. The van der Waals surface area contributed by atoms with Crippen molar-refractivity contribution in [3.05, 3.63) is 74.4 Å². The van der Waals surface area contributed by atoms with E-state index in [1.54, 1.807) is 18.2 Å². The first-order valence-electron chi connectivity index (χ1n) is 6.65. The van der Waals surface area contributed by atoms with Crippen molar-refractivity contribution in [2.75, 3.05) is 0 Å². The van der Waals surface area contributed by atoms with Gasteiger partial charge >= 0.3 is 0 Å². The number of aromatic nitrogens is 1. The number of furan rings is 1. The summed E-state index contributed by atoms with van der Waals surface area (Å²) in [5, 5.41) is 3.90. The summed E-state index contributed by atoms with van der Waals surface area (Å²) in [7, 11) is 0. The Labute approximate surface area is 154 Å². The lowest BCUT2D eigenvalue weighted by molar-refractivity contribution is 0.0955. The van der Waals surface area contributed by atoms with Crippen LogP contribution in [0.1, 0.15) is 16.1 Å². The predicted octanol–water partition coefficient (Wildman–Crippen LogP) is 4.20. The zero-order valence-electron chi connectivity index (χ0n) is 11.7. The molecule has 0 aliphatic carbocycles. The Morgan fingerprint density at radius 3 is 2.57 bits per heavy atom. The van der Waals surface area contributed by atoms with Gasteiger partial charge in [0, 0.05) is 52.3 Å². The fraction of sp³-hybridized carbons (Fsp3) is 0. The molecule has 0 fully saturated rings. The first-order chi connectivity index (χ1) is 11.1. The maximum absolute atomic E-state index is 12.0. The third kappa shape index (κ3) is 3.91. The van der Waals surface area contributed by atoms with E-state index >= 15 is 0 Å². The molecule has 23 heavy (non-hydrogen) atoms. The van der Waals surface area contributed by atoms with Gasteiger partial charge in [-0.15, -0.1) is 0 Å². The van der Waals surface area contributed by atoms with E-state index in [4.69, 9.17) is 4.42 Å². The lowest BCUT2D eigenvalue weighted by Crippen LogP contribution is -2.17. The number of nitrogens with zero attached hydrogens (tertiary/aromatic N) is 2. The Balaban J connectivity index is 1.64. The lowest BCUT2D eigenvalue weighted by atomic mass is 10.2. The highest BCUT2D eigenvalue weighted by atomic mass is 127. The first kappa shape index (κ1) is 16.0. The van der Waals surface area contributed by atoms with E-state index in [-0.39, 0.29) is 5.91 Å². The molecule has 0 saturated heterocycles. The molecule has 2 heterocycles. The molecular formula is C16H11BrIN3O2. The largest absolute Gasteiger partial charge is 0.448 e. The number of nitrogens with one attached hydrogen (secondary N) is 1. The highest BCUT2D eigenvalue weighted by molar-refractivity contribution is 14.1. The fourth-order valence-electron chi connectivity index (χ4n) is 1.94. The van der Waals surface area contributed by atoms with E-state index in [2.05, 4.69) is 49.0 Å². The van der Waals surface area contributed by atoms with Crippen LogP contribution in [0.4, 0.5) is 0 Å². The minimum absolute atomic E-state index is 0.277. The van der Waals surface area contributed by atoms with Crippen molar-refractivity contribution >= 4 is 50.6 Å². The summed E-state index contributed by atoms with van der Waals surface area (Å²) in [6, 6.07) is 12.9. The second-order valence-electron chi connectivity index (χ2n) is 4.61. The van der Waals surface area contributed by atoms with E-state index in [0.29, 0.717) is 11.3 Å². The number of carbonyl (C=O) groups is 1. The van der Waals surface area contributed by atoms with Crippen molar-refractivity contribution in [1.82, 2.24) is 9.99 Å². The summed E-state index contributed by atoms with van der Waals surface area (Å²) in [6.45, 7) is 0.